The molecule has 8 heteroatoms. The maximum atomic E-state index is 12.4. The number of carbonyl (C=O) groups excluding carboxylic acids is 1. The first-order valence-electron chi connectivity index (χ1n) is 6.13. The molecule has 2 rings (SSSR count). The monoisotopic (exact) mass is 286 g/mol. The van der Waals surface area contributed by atoms with Gasteiger partial charge in [-0.05, 0) is 13.3 Å². The summed E-state index contributed by atoms with van der Waals surface area (Å²) in [5, 5.41) is 0.0677. The Morgan fingerprint density at radius 2 is 2.32 bits per heavy atom. The first kappa shape index (κ1) is 14.0. The summed E-state index contributed by atoms with van der Waals surface area (Å²) in [4.78, 5) is 18.1. The van der Waals surface area contributed by atoms with Crippen LogP contribution in [0.3, 0.4) is 0 Å². The molecular formula is C11H18N4O3S. The zero-order valence-electron chi connectivity index (χ0n) is 11.0. The molecule has 1 unspecified atom stereocenters. The molecule has 1 aliphatic rings. The number of sulfonamides is 1. The number of aryl methyl sites for hydroxylation is 1. The number of hydrogen-bond donors (Lipinski definition) is 2. The van der Waals surface area contributed by atoms with E-state index < -0.39 is 21.3 Å². The summed E-state index contributed by atoms with van der Waals surface area (Å²) in [5.41, 5.74) is 4.53. The highest BCUT2D eigenvalue weighted by Gasteiger charge is 2.44. The lowest BCUT2D eigenvalue weighted by molar-refractivity contribution is -0.126. The first-order chi connectivity index (χ1) is 8.79. The average Bonchev–Trinajstić information content (AvgIpc) is 2.96. The molecule has 0 saturated carbocycles. The lowest BCUT2D eigenvalue weighted by Crippen LogP contribution is -2.38. The Morgan fingerprint density at radius 1 is 1.63 bits per heavy atom. The van der Waals surface area contributed by atoms with Crippen molar-refractivity contribution in [2.24, 2.45) is 11.1 Å². The molecule has 1 aromatic heterocycles. The summed E-state index contributed by atoms with van der Waals surface area (Å²) in [7, 11) is -3.63. The Bertz CT molecular complexity index is 595. The molecule has 1 aromatic rings. The van der Waals surface area contributed by atoms with Crippen LogP contribution in [0.1, 0.15) is 26.1 Å². The number of nitrogens with two attached hydrogens (primary N) is 1. The van der Waals surface area contributed by atoms with Crippen molar-refractivity contribution in [2.75, 3.05) is 13.1 Å². The normalized spacial score (nSPS) is 24.7. The van der Waals surface area contributed by atoms with E-state index in [2.05, 4.69) is 9.97 Å². The fourth-order valence-corrected chi connectivity index (χ4v) is 3.62. The molecule has 1 amide bonds. The van der Waals surface area contributed by atoms with Gasteiger partial charge in [-0.15, -0.1) is 0 Å². The van der Waals surface area contributed by atoms with Gasteiger partial charge >= 0.3 is 0 Å². The number of H-pyrrole nitrogens is 1. The number of primary amides is 1. The van der Waals surface area contributed by atoms with E-state index >= 15 is 0 Å². The molecule has 3 N–H and O–H groups in total. The summed E-state index contributed by atoms with van der Waals surface area (Å²) in [5.74, 6) is 0.152. The van der Waals surface area contributed by atoms with Crippen molar-refractivity contribution in [3.63, 3.8) is 0 Å². The quantitative estimate of drug-likeness (QED) is 0.802. The van der Waals surface area contributed by atoms with Crippen LogP contribution >= 0.6 is 0 Å². The van der Waals surface area contributed by atoms with Gasteiger partial charge in [-0.1, -0.05) is 6.92 Å². The Balaban J connectivity index is 2.25. The Morgan fingerprint density at radius 3 is 2.79 bits per heavy atom. The molecule has 0 radical (unpaired) electrons. The molecule has 7 nitrogen and oxygen atoms in total. The molecule has 1 fully saturated rings. The number of amides is 1. The van der Waals surface area contributed by atoms with E-state index in [1.165, 1.54) is 10.5 Å². The number of nitrogens with zero attached hydrogens (tertiary/aromatic N) is 2. The topological polar surface area (TPSA) is 109 Å². The number of carbonyl (C=O) groups is 1. The van der Waals surface area contributed by atoms with Crippen LogP contribution in [0.4, 0.5) is 0 Å². The summed E-state index contributed by atoms with van der Waals surface area (Å²) in [6.45, 7) is 3.98. The van der Waals surface area contributed by atoms with E-state index in [9.17, 15) is 13.2 Å². The van der Waals surface area contributed by atoms with E-state index in [0.717, 1.165) is 0 Å². The molecule has 0 aromatic carbocycles. The van der Waals surface area contributed by atoms with Crippen molar-refractivity contribution in [3.05, 3.63) is 12.0 Å². The van der Waals surface area contributed by atoms with Crippen LogP contribution in [0.2, 0.25) is 0 Å². The fourth-order valence-electron chi connectivity index (χ4n) is 2.12. The first-order valence-corrected chi connectivity index (χ1v) is 7.57. The van der Waals surface area contributed by atoms with Crippen molar-refractivity contribution in [3.8, 4) is 0 Å². The van der Waals surface area contributed by atoms with Crippen LogP contribution in [0.25, 0.3) is 0 Å². The second-order valence-electron chi connectivity index (χ2n) is 5.06. The highest BCUT2D eigenvalue weighted by molar-refractivity contribution is 7.89. The van der Waals surface area contributed by atoms with Crippen molar-refractivity contribution >= 4 is 15.9 Å². The molecule has 1 aliphatic heterocycles. The number of aromatic amines is 1. The van der Waals surface area contributed by atoms with E-state index in [0.29, 0.717) is 25.2 Å². The van der Waals surface area contributed by atoms with Gasteiger partial charge < -0.3 is 10.7 Å². The number of imidazole rings is 1. The van der Waals surface area contributed by atoms with Gasteiger partial charge in [0.1, 0.15) is 5.82 Å². The predicted octanol–water partition coefficient (Wildman–Crippen LogP) is -0.142. The summed E-state index contributed by atoms with van der Waals surface area (Å²) < 4.78 is 26.0. The van der Waals surface area contributed by atoms with Gasteiger partial charge in [-0.3, -0.25) is 4.79 Å². The van der Waals surface area contributed by atoms with Crippen molar-refractivity contribution < 1.29 is 13.2 Å². The minimum atomic E-state index is -3.63. The summed E-state index contributed by atoms with van der Waals surface area (Å²) >= 11 is 0. The largest absolute Gasteiger partial charge is 0.369 e. The van der Waals surface area contributed by atoms with Crippen LogP contribution in [0.5, 0.6) is 0 Å². The Kier molecular flexibility index (Phi) is 3.40. The fraction of sp³-hybridized carbons (Fsp3) is 0.636. The van der Waals surface area contributed by atoms with Crippen LogP contribution in [0.15, 0.2) is 11.2 Å². The lowest BCUT2D eigenvalue weighted by Gasteiger charge is -2.20. The molecular weight excluding hydrogens is 268 g/mol. The molecule has 106 valence electrons. The van der Waals surface area contributed by atoms with E-state index in [1.54, 1.807) is 6.92 Å². The van der Waals surface area contributed by atoms with Crippen LogP contribution in [-0.4, -0.2) is 41.7 Å². The molecule has 0 aliphatic carbocycles. The Hall–Kier alpha value is -1.41. The van der Waals surface area contributed by atoms with Crippen LogP contribution in [-0.2, 0) is 21.2 Å². The van der Waals surface area contributed by atoms with Gasteiger partial charge in [0.05, 0.1) is 11.6 Å². The molecule has 0 spiro atoms. The van der Waals surface area contributed by atoms with Gasteiger partial charge in [-0.2, -0.15) is 4.31 Å². The molecule has 19 heavy (non-hydrogen) atoms. The lowest BCUT2D eigenvalue weighted by atomic mass is 9.89. The third-order valence-electron chi connectivity index (χ3n) is 3.59. The molecule has 2 heterocycles. The Labute approximate surface area is 112 Å². The highest BCUT2D eigenvalue weighted by Crippen LogP contribution is 2.32. The maximum Gasteiger partial charge on any atom is 0.260 e. The minimum Gasteiger partial charge on any atom is -0.369 e. The second-order valence-corrected chi connectivity index (χ2v) is 6.97. The number of rotatable bonds is 4. The third-order valence-corrected chi connectivity index (χ3v) is 5.35. The predicted molar refractivity (Wildman–Crippen MR) is 68.6 cm³/mol. The van der Waals surface area contributed by atoms with Crippen LogP contribution in [0, 0.1) is 5.41 Å². The van der Waals surface area contributed by atoms with Gasteiger partial charge in [-0.25, -0.2) is 13.4 Å². The van der Waals surface area contributed by atoms with Crippen LogP contribution < -0.4 is 5.73 Å². The van der Waals surface area contributed by atoms with Gasteiger partial charge in [0.15, 0.2) is 5.03 Å². The van der Waals surface area contributed by atoms with E-state index in [4.69, 9.17) is 5.73 Å². The highest BCUT2D eigenvalue weighted by atomic mass is 32.2. The zero-order chi connectivity index (χ0) is 14.3. The minimum absolute atomic E-state index is 0.0677. The molecule has 1 saturated heterocycles. The summed E-state index contributed by atoms with van der Waals surface area (Å²) in [6, 6.07) is 0. The number of hydrogen-bond acceptors (Lipinski definition) is 4. The average molecular weight is 286 g/mol. The number of aromatic nitrogens is 2. The summed E-state index contributed by atoms with van der Waals surface area (Å²) in [6.07, 6.45) is 2.39. The van der Waals surface area contributed by atoms with Crippen molar-refractivity contribution in [1.29, 1.82) is 0 Å². The second kappa shape index (κ2) is 4.61. The van der Waals surface area contributed by atoms with E-state index in [1.807, 2.05) is 6.92 Å². The van der Waals surface area contributed by atoms with E-state index in [-0.39, 0.29) is 11.6 Å². The molecule has 1 atom stereocenters. The zero-order valence-corrected chi connectivity index (χ0v) is 11.8. The van der Waals surface area contributed by atoms with Gasteiger partial charge in [0, 0.05) is 19.5 Å². The number of nitrogens with one attached hydrogen (secondary N) is 1. The van der Waals surface area contributed by atoms with Gasteiger partial charge in [0.25, 0.3) is 10.0 Å². The SMILES string of the molecule is CCc1ncc(S(=O)(=O)N2CCC(C)(C(N)=O)C2)[nH]1. The van der Waals surface area contributed by atoms with Crippen molar-refractivity contribution in [2.45, 2.75) is 31.7 Å². The van der Waals surface area contributed by atoms with Crippen molar-refractivity contribution in [1.82, 2.24) is 14.3 Å². The van der Waals surface area contributed by atoms with Gasteiger partial charge in [0.2, 0.25) is 5.91 Å². The molecule has 0 bridgehead atoms. The standard InChI is InChI=1S/C11H18N4O3S/c1-3-8-13-6-9(14-8)19(17,18)15-5-4-11(2,7-15)10(12)16/h6H,3-5,7H2,1-2H3,(H2,12,16)(H,13,14). The maximum absolute atomic E-state index is 12.4. The smallest absolute Gasteiger partial charge is 0.260 e. The third kappa shape index (κ3) is 2.37.